The number of rotatable bonds is 3. The highest BCUT2D eigenvalue weighted by molar-refractivity contribution is 5.76. The van der Waals surface area contributed by atoms with Gasteiger partial charge in [-0.15, -0.1) is 0 Å². The van der Waals surface area contributed by atoms with Crippen LogP contribution in [-0.2, 0) is 4.79 Å². The molecule has 2 rings (SSSR count). The van der Waals surface area contributed by atoms with Crippen molar-refractivity contribution in [3.05, 3.63) is 35.9 Å². The Morgan fingerprint density at radius 2 is 1.88 bits per heavy atom. The number of benzene rings is 1. The molecule has 0 saturated carbocycles. The number of carbonyl (C=O) groups excluding carboxylic acids is 1. The topological polar surface area (TPSA) is 20.3 Å². The Kier molecular flexibility index (Phi) is 4.18. The number of amides is 1. The molecule has 2 nitrogen and oxygen atoms in total. The number of piperidine rings is 1. The molecule has 0 spiro atoms. The summed E-state index contributed by atoms with van der Waals surface area (Å²) in [5, 5.41) is 0. The average Bonchev–Trinajstić information content (AvgIpc) is 2.40. The van der Waals surface area contributed by atoms with Gasteiger partial charge in [0, 0.05) is 19.5 Å². The van der Waals surface area contributed by atoms with Crippen molar-refractivity contribution in [2.45, 2.75) is 38.5 Å². The van der Waals surface area contributed by atoms with Gasteiger partial charge in [0.2, 0.25) is 5.91 Å². The molecule has 1 amide bonds. The third kappa shape index (κ3) is 3.09. The predicted octanol–water partition coefficient (Wildman–Crippen LogP) is 3.19. The minimum absolute atomic E-state index is 0.332. The van der Waals surface area contributed by atoms with Crippen LogP contribution in [0.1, 0.15) is 44.1 Å². The minimum Gasteiger partial charge on any atom is -0.343 e. The molecule has 1 aromatic carbocycles. The molecule has 0 atom stereocenters. The van der Waals surface area contributed by atoms with Crippen molar-refractivity contribution in [3.63, 3.8) is 0 Å². The molecule has 1 aliphatic heterocycles. The summed E-state index contributed by atoms with van der Waals surface area (Å²) < 4.78 is 0. The Labute approximate surface area is 104 Å². The normalized spacial score (nSPS) is 17.1. The molecule has 1 fully saturated rings. The number of hydrogen-bond donors (Lipinski definition) is 0. The van der Waals surface area contributed by atoms with E-state index >= 15 is 0 Å². The van der Waals surface area contributed by atoms with E-state index in [1.165, 1.54) is 5.56 Å². The SMILES string of the molecule is CCCC(=O)N1CCC(c2ccccc2)CC1. The van der Waals surface area contributed by atoms with Crippen molar-refractivity contribution < 1.29 is 4.79 Å². The largest absolute Gasteiger partial charge is 0.343 e. The molecule has 1 heterocycles. The molecule has 1 aromatic rings. The van der Waals surface area contributed by atoms with Crippen LogP contribution in [0.3, 0.4) is 0 Å². The maximum absolute atomic E-state index is 11.8. The van der Waals surface area contributed by atoms with Gasteiger partial charge in [0.15, 0.2) is 0 Å². The molecule has 17 heavy (non-hydrogen) atoms. The Morgan fingerprint density at radius 3 is 2.47 bits per heavy atom. The molecular weight excluding hydrogens is 210 g/mol. The van der Waals surface area contributed by atoms with Crippen molar-refractivity contribution in [3.8, 4) is 0 Å². The second kappa shape index (κ2) is 5.85. The van der Waals surface area contributed by atoms with Crippen LogP contribution in [0.5, 0.6) is 0 Å². The first kappa shape index (κ1) is 12.2. The van der Waals surface area contributed by atoms with Crippen LogP contribution >= 0.6 is 0 Å². The summed E-state index contributed by atoms with van der Waals surface area (Å²) in [5.41, 5.74) is 1.43. The number of likely N-dealkylation sites (tertiary alicyclic amines) is 1. The summed E-state index contributed by atoms with van der Waals surface area (Å²) in [4.78, 5) is 13.8. The van der Waals surface area contributed by atoms with Crippen molar-refractivity contribution in [2.24, 2.45) is 0 Å². The van der Waals surface area contributed by atoms with Gasteiger partial charge in [-0.05, 0) is 30.7 Å². The third-order valence-electron chi connectivity index (χ3n) is 3.58. The number of carbonyl (C=O) groups is 1. The van der Waals surface area contributed by atoms with E-state index < -0.39 is 0 Å². The molecule has 0 radical (unpaired) electrons. The van der Waals surface area contributed by atoms with E-state index in [4.69, 9.17) is 0 Å². The summed E-state index contributed by atoms with van der Waals surface area (Å²) in [7, 11) is 0. The van der Waals surface area contributed by atoms with Gasteiger partial charge in [0.05, 0.1) is 0 Å². The quantitative estimate of drug-likeness (QED) is 0.782. The summed E-state index contributed by atoms with van der Waals surface area (Å²) in [6, 6.07) is 10.7. The second-order valence-corrected chi connectivity index (χ2v) is 4.82. The van der Waals surface area contributed by atoms with E-state index in [-0.39, 0.29) is 0 Å². The predicted molar refractivity (Wildman–Crippen MR) is 69.9 cm³/mol. The van der Waals surface area contributed by atoms with E-state index in [0.29, 0.717) is 18.2 Å². The molecule has 0 N–H and O–H groups in total. The van der Waals surface area contributed by atoms with Gasteiger partial charge in [-0.1, -0.05) is 37.3 Å². The fourth-order valence-corrected chi connectivity index (χ4v) is 2.56. The summed E-state index contributed by atoms with van der Waals surface area (Å²) in [6.07, 6.45) is 3.88. The average molecular weight is 231 g/mol. The fourth-order valence-electron chi connectivity index (χ4n) is 2.56. The van der Waals surface area contributed by atoms with Crippen LogP contribution in [0, 0.1) is 0 Å². The Balaban J connectivity index is 1.88. The van der Waals surface area contributed by atoms with Gasteiger partial charge in [-0.25, -0.2) is 0 Å². The van der Waals surface area contributed by atoms with Crippen LogP contribution in [0.4, 0.5) is 0 Å². The van der Waals surface area contributed by atoms with Gasteiger partial charge in [0.1, 0.15) is 0 Å². The first-order valence-corrected chi connectivity index (χ1v) is 6.64. The third-order valence-corrected chi connectivity index (χ3v) is 3.58. The van der Waals surface area contributed by atoms with Crippen LogP contribution in [0.2, 0.25) is 0 Å². The number of hydrogen-bond acceptors (Lipinski definition) is 1. The van der Waals surface area contributed by atoms with Crippen molar-refractivity contribution in [1.82, 2.24) is 4.90 Å². The summed E-state index contributed by atoms with van der Waals surface area (Å²) >= 11 is 0. The maximum atomic E-state index is 11.8. The summed E-state index contributed by atoms with van der Waals surface area (Å²) in [5.74, 6) is 0.973. The molecule has 0 aromatic heterocycles. The molecule has 2 heteroatoms. The monoisotopic (exact) mass is 231 g/mol. The molecule has 0 aliphatic carbocycles. The Bertz CT molecular complexity index is 352. The highest BCUT2D eigenvalue weighted by Crippen LogP contribution is 2.27. The smallest absolute Gasteiger partial charge is 0.222 e. The zero-order valence-electron chi connectivity index (χ0n) is 10.6. The van der Waals surface area contributed by atoms with Gasteiger partial charge < -0.3 is 4.90 Å². The highest BCUT2D eigenvalue weighted by Gasteiger charge is 2.22. The lowest BCUT2D eigenvalue weighted by Gasteiger charge is -2.32. The van der Waals surface area contributed by atoms with Crippen LogP contribution in [0.15, 0.2) is 30.3 Å². The number of nitrogens with zero attached hydrogens (tertiary/aromatic N) is 1. The zero-order valence-corrected chi connectivity index (χ0v) is 10.6. The van der Waals surface area contributed by atoms with E-state index in [1.54, 1.807) is 0 Å². The van der Waals surface area contributed by atoms with Crippen LogP contribution in [0.25, 0.3) is 0 Å². The highest BCUT2D eigenvalue weighted by atomic mass is 16.2. The summed E-state index contributed by atoms with van der Waals surface area (Å²) in [6.45, 7) is 3.92. The lowest BCUT2D eigenvalue weighted by Crippen LogP contribution is -2.37. The Morgan fingerprint density at radius 1 is 1.24 bits per heavy atom. The van der Waals surface area contributed by atoms with E-state index in [1.807, 2.05) is 4.90 Å². The van der Waals surface area contributed by atoms with Gasteiger partial charge >= 0.3 is 0 Å². The van der Waals surface area contributed by atoms with Gasteiger partial charge in [-0.3, -0.25) is 4.79 Å². The second-order valence-electron chi connectivity index (χ2n) is 4.82. The van der Waals surface area contributed by atoms with Crippen molar-refractivity contribution >= 4 is 5.91 Å². The molecule has 0 bridgehead atoms. The van der Waals surface area contributed by atoms with Gasteiger partial charge in [0.25, 0.3) is 0 Å². The lowest BCUT2D eigenvalue weighted by molar-refractivity contribution is -0.132. The molecule has 0 unspecified atom stereocenters. The molecule has 1 aliphatic rings. The molecular formula is C15H21NO. The van der Waals surface area contributed by atoms with Gasteiger partial charge in [-0.2, -0.15) is 0 Å². The molecule has 92 valence electrons. The van der Waals surface area contributed by atoms with Crippen LogP contribution in [-0.4, -0.2) is 23.9 Å². The van der Waals surface area contributed by atoms with E-state index in [2.05, 4.69) is 37.3 Å². The minimum atomic E-state index is 0.332. The first-order chi connectivity index (χ1) is 8.31. The lowest BCUT2D eigenvalue weighted by atomic mass is 9.89. The van der Waals surface area contributed by atoms with Crippen LogP contribution < -0.4 is 0 Å². The van der Waals surface area contributed by atoms with E-state index in [0.717, 1.165) is 32.4 Å². The molecule has 1 saturated heterocycles. The first-order valence-electron chi connectivity index (χ1n) is 6.64. The van der Waals surface area contributed by atoms with Crippen molar-refractivity contribution in [1.29, 1.82) is 0 Å². The zero-order chi connectivity index (χ0) is 12.1. The Hall–Kier alpha value is -1.31. The fraction of sp³-hybridized carbons (Fsp3) is 0.533. The van der Waals surface area contributed by atoms with E-state index in [9.17, 15) is 4.79 Å². The van der Waals surface area contributed by atoms with Crippen molar-refractivity contribution in [2.75, 3.05) is 13.1 Å². The maximum Gasteiger partial charge on any atom is 0.222 e. The standard InChI is InChI=1S/C15H21NO/c1-2-6-15(17)16-11-9-14(10-12-16)13-7-4-3-5-8-13/h3-5,7-8,14H,2,6,9-12H2,1H3.